The summed E-state index contributed by atoms with van der Waals surface area (Å²) in [6, 6.07) is 17.0. The Balaban J connectivity index is 1.82. The predicted octanol–water partition coefficient (Wildman–Crippen LogP) is 3.52. The Labute approximate surface area is 200 Å². The van der Waals surface area contributed by atoms with Gasteiger partial charge in [-0.25, -0.2) is 23.0 Å². The van der Waals surface area contributed by atoms with Crippen molar-refractivity contribution in [1.29, 1.82) is 0 Å². The van der Waals surface area contributed by atoms with Crippen LogP contribution in [0.2, 0.25) is 5.02 Å². The number of carboxylic acids is 1. The highest BCUT2D eigenvalue weighted by atomic mass is 35.5. The number of nitrogens with zero attached hydrogens (tertiary/aromatic N) is 2. The first-order chi connectivity index (χ1) is 16.2. The maximum atomic E-state index is 14.2. The van der Waals surface area contributed by atoms with E-state index >= 15 is 0 Å². The van der Waals surface area contributed by atoms with E-state index in [0.29, 0.717) is 5.02 Å². The molecule has 0 aliphatic heterocycles. The molecule has 0 aliphatic carbocycles. The van der Waals surface area contributed by atoms with Crippen LogP contribution < -0.4 is 5.43 Å². The summed E-state index contributed by atoms with van der Waals surface area (Å²) in [5, 5.41) is 13.3. The second kappa shape index (κ2) is 11.0. The van der Waals surface area contributed by atoms with E-state index in [2.05, 4.69) is 10.5 Å². The normalized spacial score (nSPS) is 11.6. The van der Waals surface area contributed by atoms with E-state index in [9.17, 15) is 27.5 Å². The molecule has 0 unspecified atom stereocenters. The highest BCUT2D eigenvalue weighted by Gasteiger charge is 2.27. The fourth-order valence-corrected chi connectivity index (χ4v) is 4.47. The zero-order valence-electron chi connectivity index (χ0n) is 17.6. The van der Waals surface area contributed by atoms with E-state index in [1.165, 1.54) is 54.6 Å². The minimum atomic E-state index is -4.21. The first-order valence-corrected chi connectivity index (χ1v) is 11.6. The molecule has 176 valence electrons. The molecule has 2 N–H and O–H groups in total. The lowest BCUT2D eigenvalue weighted by Crippen LogP contribution is -2.39. The number of carbonyl (C=O) groups excluding carboxylic acids is 1. The molecule has 0 radical (unpaired) electrons. The Bertz CT molecular complexity index is 1330. The van der Waals surface area contributed by atoms with Crippen molar-refractivity contribution in [3.05, 3.63) is 100 Å². The van der Waals surface area contributed by atoms with E-state index in [4.69, 9.17) is 11.6 Å². The standard InChI is InChI=1S/C23H19ClFN3O5S/c24-18-9-11-19(12-10-18)34(32,33)28(14-17-6-2-4-8-21(17)25)15-22(29)27-26-13-16-5-1-3-7-20(16)23(30)31/h1-13H,14-15H2,(H,27,29)(H,30,31)/b26-13+. The van der Waals surface area contributed by atoms with E-state index in [-0.39, 0.29) is 21.6 Å². The summed E-state index contributed by atoms with van der Waals surface area (Å²) in [5.41, 5.74) is 2.47. The van der Waals surface area contributed by atoms with Crippen LogP contribution in [0.25, 0.3) is 0 Å². The molecule has 3 aromatic rings. The van der Waals surface area contributed by atoms with Gasteiger partial charge in [0.1, 0.15) is 5.82 Å². The summed E-state index contributed by atoms with van der Waals surface area (Å²) in [7, 11) is -4.21. The monoisotopic (exact) mass is 503 g/mol. The number of hydrogen-bond donors (Lipinski definition) is 2. The van der Waals surface area contributed by atoms with Crippen molar-refractivity contribution in [3.8, 4) is 0 Å². The summed E-state index contributed by atoms with van der Waals surface area (Å²) in [5.74, 6) is -2.60. The third-order valence-electron chi connectivity index (χ3n) is 4.66. The van der Waals surface area contributed by atoms with Crippen LogP contribution in [-0.2, 0) is 21.4 Å². The van der Waals surface area contributed by atoms with Gasteiger partial charge in [-0.1, -0.05) is 48.0 Å². The third-order valence-corrected chi connectivity index (χ3v) is 6.72. The molecule has 34 heavy (non-hydrogen) atoms. The summed E-state index contributed by atoms with van der Waals surface area (Å²) in [6.45, 7) is -1.08. The first-order valence-electron chi connectivity index (χ1n) is 9.82. The number of aromatic carboxylic acids is 1. The summed E-state index contributed by atoms with van der Waals surface area (Å²) in [4.78, 5) is 23.7. The van der Waals surface area contributed by atoms with Gasteiger partial charge in [0.25, 0.3) is 5.91 Å². The molecule has 0 atom stereocenters. The number of carbonyl (C=O) groups is 2. The van der Waals surface area contributed by atoms with Crippen LogP contribution >= 0.6 is 11.6 Å². The van der Waals surface area contributed by atoms with Gasteiger partial charge in [-0.3, -0.25) is 4.79 Å². The van der Waals surface area contributed by atoms with Crippen molar-refractivity contribution in [2.45, 2.75) is 11.4 Å². The molecule has 3 rings (SSSR count). The smallest absolute Gasteiger partial charge is 0.336 e. The van der Waals surface area contributed by atoms with Crippen molar-refractivity contribution < 1.29 is 27.5 Å². The molecule has 0 aromatic heterocycles. The van der Waals surface area contributed by atoms with Gasteiger partial charge in [-0.2, -0.15) is 9.41 Å². The van der Waals surface area contributed by atoms with Gasteiger partial charge < -0.3 is 5.11 Å². The van der Waals surface area contributed by atoms with E-state index in [1.54, 1.807) is 18.2 Å². The van der Waals surface area contributed by atoms with Crippen LogP contribution in [0, 0.1) is 5.82 Å². The molecular weight excluding hydrogens is 485 g/mol. The number of nitrogens with one attached hydrogen (secondary N) is 1. The first kappa shape index (κ1) is 25.0. The average molecular weight is 504 g/mol. The van der Waals surface area contributed by atoms with Gasteiger partial charge >= 0.3 is 5.97 Å². The molecular formula is C23H19ClFN3O5S. The average Bonchev–Trinajstić information content (AvgIpc) is 2.80. The third kappa shape index (κ3) is 6.25. The van der Waals surface area contributed by atoms with Gasteiger partial charge in [0, 0.05) is 22.7 Å². The second-order valence-electron chi connectivity index (χ2n) is 7.00. The Kier molecular flexibility index (Phi) is 8.11. The van der Waals surface area contributed by atoms with Crippen LogP contribution in [0.4, 0.5) is 4.39 Å². The van der Waals surface area contributed by atoms with Crippen LogP contribution in [0.15, 0.2) is 82.8 Å². The number of halogens is 2. The fourth-order valence-electron chi connectivity index (χ4n) is 2.97. The van der Waals surface area contributed by atoms with Crippen molar-refractivity contribution >= 4 is 39.7 Å². The minimum absolute atomic E-state index is 0.0213. The Morgan fingerprint density at radius 1 is 1.03 bits per heavy atom. The lowest BCUT2D eigenvalue weighted by Gasteiger charge is -2.21. The van der Waals surface area contributed by atoms with Crippen LogP contribution in [0.3, 0.4) is 0 Å². The molecule has 1 amide bonds. The van der Waals surface area contributed by atoms with Gasteiger partial charge in [-0.15, -0.1) is 0 Å². The zero-order valence-corrected chi connectivity index (χ0v) is 19.1. The molecule has 0 spiro atoms. The molecule has 0 fully saturated rings. The predicted molar refractivity (Wildman–Crippen MR) is 125 cm³/mol. The quantitative estimate of drug-likeness (QED) is 0.342. The van der Waals surface area contributed by atoms with E-state index < -0.39 is 40.8 Å². The fraction of sp³-hybridized carbons (Fsp3) is 0.0870. The summed E-state index contributed by atoms with van der Waals surface area (Å²) in [6.07, 6.45) is 1.14. The Morgan fingerprint density at radius 3 is 2.35 bits per heavy atom. The largest absolute Gasteiger partial charge is 0.478 e. The SMILES string of the molecule is O=C(CN(Cc1ccccc1F)S(=O)(=O)c1ccc(Cl)cc1)N/N=C/c1ccccc1C(=O)O. The zero-order chi connectivity index (χ0) is 24.7. The van der Waals surface area contributed by atoms with Crippen LogP contribution in [-0.4, -0.2) is 42.5 Å². The molecule has 11 heteroatoms. The number of hydrazone groups is 1. The number of hydrogen-bond acceptors (Lipinski definition) is 5. The number of amides is 1. The number of rotatable bonds is 9. The second-order valence-corrected chi connectivity index (χ2v) is 9.38. The van der Waals surface area contributed by atoms with E-state index in [0.717, 1.165) is 10.5 Å². The number of sulfonamides is 1. The molecule has 0 aliphatic rings. The molecule has 0 saturated carbocycles. The van der Waals surface area contributed by atoms with Gasteiger partial charge in [0.15, 0.2) is 0 Å². The molecule has 0 saturated heterocycles. The highest BCUT2D eigenvalue weighted by molar-refractivity contribution is 7.89. The van der Waals surface area contributed by atoms with Crippen molar-refractivity contribution in [2.24, 2.45) is 5.10 Å². The summed E-state index contributed by atoms with van der Waals surface area (Å²) >= 11 is 5.84. The molecule has 0 heterocycles. The van der Waals surface area contributed by atoms with E-state index in [1.807, 2.05) is 0 Å². The Hall–Kier alpha value is -3.60. The highest BCUT2D eigenvalue weighted by Crippen LogP contribution is 2.21. The van der Waals surface area contributed by atoms with Gasteiger partial charge in [0.05, 0.1) is 23.2 Å². The maximum absolute atomic E-state index is 14.2. The lowest BCUT2D eigenvalue weighted by molar-refractivity contribution is -0.121. The van der Waals surface area contributed by atoms with Crippen molar-refractivity contribution in [1.82, 2.24) is 9.73 Å². The molecule has 0 bridgehead atoms. The van der Waals surface area contributed by atoms with Crippen LogP contribution in [0.1, 0.15) is 21.5 Å². The minimum Gasteiger partial charge on any atom is -0.478 e. The number of carboxylic acid groups (broad SMARTS) is 1. The summed E-state index contributed by atoms with van der Waals surface area (Å²) < 4.78 is 41.4. The van der Waals surface area contributed by atoms with Crippen molar-refractivity contribution in [2.75, 3.05) is 6.54 Å². The molecule has 3 aromatic carbocycles. The van der Waals surface area contributed by atoms with Crippen molar-refractivity contribution in [3.63, 3.8) is 0 Å². The Morgan fingerprint density at radius 2 is 1.68 bits per heavy atom. The molecule has 8 nitrogen and oxygen atoms in total. The lowest BCUT2D eigenvalue weighted by atomic mass is 10.1. The van der Waals surface area contributed by atoms with Gasteiger partial charge in [-0.05, 0) is 36.4 Å². The van der Waals surface area contributed by atoms with Crippen LogP contribution in [0.5, 0.6) is 0 Å². The number of benzene rings is 3. The van der Waals surface area contributed by atoms with Gasteiger partial charge in [0.2, 0.25) is 10.0 Å². The maximum Gasteiger partial charge on any atom is 0.336 e. The topological polar surface area (TPSA) is 116 Å².